The third-order valence-corrected chi connectivity index (χ3v) is 3.79. The van der Waals surface area contributed by atoms with E-state index in [0.717, 1.165) is 16.9 Å². The summed E-state index contributed by atoms with van der Waals surface area (Å²) >= 11 is 0. The van der Waals surface area contributed by atoms with Crippen LogP contribution in [0.4, 0.5) is 5.82 Å². The fourth-order valence-corrected chi connectivity index (χ4v) is 2.71. The number of aromatic nitrogens is 2. The van der Waals surface area contributed by atoms with Crippen molar-refractivity contribution in [1.29, 1.82) is 0 Å². The van der Waals surface area contributed by atoms with Crippen LogP contribution in [0.5, 0.6) is 0 Å². The lowest BCUT2D eigenvalue weighted by atomic mass is 9.87. The van der Waals surface area contributed by atoms with Gasteiger partial charge in [0.2, 0.25) is 0 Å². The Morgan fingerprint density at radius 2 is 2.15 bits per heavy atom. The van der Waals surface area contributed by atoms with Crippen LogP contribution < -0.4 is 10.9 Å². The minimum Gasteiger partial charge on any atom is -0.480 e. The van der Waals surface area contributed by atoms with Gasteiger partial charge in [0, 0.05) is 18.9 Å². The first-order valence-electron chi connectivity index (χ1n) is 7.18. The number of anilines is 1. The quantitative estimate of drug-likeness (QED) is 0.828. The average molecular weight is 279 g/mol. The van der Waals surface area contributed by atoms with Crippen molar-refractivity contribution in [1.82, 2.24) is 9.55 Å². The Balaban J connectivity index is 1.89. The van der Waals surface area contributed by atoms with E-state index in [-0.39, 0.29) is 17.9 Å². The van der Waals surface area contributed by atoms with Gasteiger partial charge in [-0.3, -0.25) is 14.2 Å². The van der Waals surface area contributed by atoms with Crippen molar-refractivity contribution in [3.05, 3.63) is 22.7 Å². The summed E-state index contributed by atoms with van der Waals surface area (Å²) < 4.78 is 1.15. The van der Waals surface area contributed by atoms with Crippen LogP contribution in [0.25, 0.3) is 0 Å². The Bertz CT molecular complexity index is 507. The second kappa shape index (κ2) is 7.07. The van der Waals surface area contributed by atoms with Crippen molar-refractivity contribution in [2.75, 3.05) is 11.9 Å². The topological polar surface area (TPSA) is 84.2 Å². The van der Waals surface area contributed by atoms with Gasteiger partial charge in [0.15, 0.2) is 5.82 Å². The van der Waals surface area contributed by atoms with Crippen LogP contribution in [-0.4, -0.2) is 27.2 Å². The number of carbonyl (C=O) groups is 1. The van der Waals surface area contributed by atoms with Gasteiger partial charge < -0.3 is 10.4 Å². The maximum Gasteiger partial charge on any atom is 0.323 e. The minimum atomic E-state index is -1.04. The van der Waals surface area contributed by atoms with Crippen molar-refractivity contribution in [3.8, 4) is 0 Å². The van der Waals surface area contributed by atoms with Crippen LogP contribution >= 0.6 is 0 Å². The number of nitrogens with zero attached hydrogens (tertiary/aromatic N) is 2. The molecular formula is C14H21N3O3. The first kappa shape index (κ1) is 14.6. The second-order valence-corrected chi connectivity index (χ2v) is 5.32. The summed E-state index contributed by atoms with van der Waals surface area (Å²) in [6.07, 6.45) is 10.4. The van der Waals surface area contributed by atoms with Crippen LogP contribution in [0.15, 0.2) is 17.2 Å². The van der Waals surface area contributed by atoms with E-state index in [9.17, 15) is 9.59 Å². The van der Waals surface area contributed by atoms with Gasteiger partial charge in [0.25, 0.3) is 5.56 Å². The summed E-state index contributed by atoms with van der Waals surface area (Å²) in [4.78, 5) is 26.6. The monoisotopic (exact) mass is 279 g/mol. The van der Waals surface area contributed by atoms with Crippen LogP contribution in [0.3, 0.4) is 0 Å². The molecule has 0 atom stereocenters. The van der Waals surface area contributed by atoms with Gasteiger partial charge in [-0.15, -0.1) is 0 Å². The molecule has 1 saturated carbocycles. The predicted octanol–water partition coefficient (Wildman–Crippen LogP) is 1.71. The van der Waals surface area contributed by atoms with Crippen molar-refractivity contribution in [2.45, 2.75) is 45.1 Å². The highest BCUT2D eigenvalue weighted by Crippen LogP contribution is 2.25. The highest BCUT2D eigenvalue weighted by molar-refractivity contribution is 5.66. The van der Waals surface area contributed by atoms with Gasteiger partial charge in [-0.25, -0.2) is 4.98 Å². The lowest BCUT2D eigenvalue weighted by Crippen LogP contribution is -2.27. The van der Waals surface area contributed by atoms with Gasteiger partial charge >= 0.3 is 5.97 Å². The number of nitrogens with one attached hydrogen (secondary N) is 1. The van der Waals surface area contributed by atoms with Gasteiger partial charge in [0.05, 0.1) is 0 Å². The molecule has 0 saturated heterocycles. The second-order valence-electron chi connectivity index (χ2n) is 5.32. The van der Waals surface area contributed by atoms with E-state index in [0.29, 0.717) is 6.54 Å². The molecule has 1 fully saturated rings. The third kappa shape index (κ3) is 4.08. The Morgan fingerprint density at radius 1 is 1.40 bits per heavy atom. The maximum atomic E-state index is 12.0. The van der Waals surface area contributed by atoms with Crippen molar-refractivity contribution < 1.29 is 9.90 Å². The standard InChI is InChI=1S/C14H21N3O3/c18-12(19)10-17-9-8-16-13(14(17)20)15-7-6-11-4-2-1-3-5-11/h8-9,11H,1-7,10H2,(H,15,16)(H,18,19). The smallest absolute Gasteiger partial charge is 0.323 e. The zero-order valence-electron chi connectivity index (χ0n) is 11.5. The van der Waals surface area contributed by atoms with E-state index in [4.69, 9.17) is 5.11 Å². The molecule has 0 unspecified atom stereocenters. The summed E-state index contributed by atoms with van der Waals surface area (Å²) in [5.74, 6) is -0.0581. The molecule has 2 rings (SSSR count). The van der Waals surface area contributed by atoms with Crippen LogP contribution in [-0.2, 0) is 11.3 Å². The lowest BCUT2D eigenvalue weighted by molar-refractivity contribution is -0.137. The summed E-state index contributed by atoms with van der Waals surface area (Å²) in [6.45, 7) is 0.378. The zero-order valence-corrected chi connectivity index (χ0v) is 11.5. The van der Waals surface area contributed by atoms with Crippen LogP contribution in [0, 0.1) is 5.92 Å². The molecule has 6 heteroatoms. The van der Waals surface area contributed by atoms with E-state index in [2.05, 4.69) is 10.3 Å². The van der Waals surface area contributed by atoms with E-state index < -0.39 is 5.97 Å². The fourth-order valence-electron chi connectivity index (χ4n) is 2.71. The first-order valence-corrected chi connectivity index (χ1v) is 7.18. The minimum absolute atomic E-state index is 0.240. The molecule has 2 N–H and O–H groups in total. The van der Waals surface area contributed by atoms with E-state index in [1.54, 1.807) is 0 Å². The van der Waals surface area contributed by atoms with E-state index in [1.165, 1.54) is 44.5 Å². The number of hydrogen-bond donors (Lipinski definition) is 2. The van der Waals surface area contributed by atoms with Gasteiger partial charge in [-0.1, -0.05) is 32.1 Å². The number of carboxylic acid groups (broad SMARTS) is 1. The molecule has 110 valence electrons. The molecule has 1 aliphatic rings. The Hall–Kier alpha value is -1.85. The summed E-state index contributed by atoms with van der Waals surface area (Å²) in [7, 11) is 0. The first-order chi connectivity index (χ1) is 9.66. The van der Waals surface area contributed by atoms with Crippen LogP contribution in [0.2, 0.25) is 0 Å². The molecule has 1 aromatic heterocycles. The molecule has 0 bridgehead atoms. The van der Waals surface area contributed by atoms with Gasteiger partial charge in [-0.2, -0.15) is 0 Å². The molecule has 1 aliphatic carbocycles. The molecule has 0 amide bonds. The molecule has 0 spiro atoms. The van der Waals surface area contributed by atoms with Crippen molar-refractivity contribution in [2.24, 2.45) is 5.92 Å². The Morgan fingerprint density at radius 3 is 2.85 bits per heavy atom. The Labute approximate surface area is 117 Å². The fraction of sp³-hybridized carbons (Fsp3) is 0.643. The molecule has 20 heavy (non-hydrogen) atoms. The van der Waals surface area contributed by atoms with E-state index >= 15 is 0 Å². The molecule has 6 nitrogen and oxygen atoms in total. The molecule has 0 radical (unpaired) electrons. The maximum absolute atomic E-state index is 12.0. The number of hydrogen-bond acceptors (Lipinski definition) is 4. The predicted molar refractivity (Wildman–Crippen MR) is 75.8 cm³/mol. The lowest BCUT2D eigenvalue weighted by Gasteiger charge is -2.21. The largest absolute Gasteiger partial charge is 0.480 e. The number of carboxylic acids is 1. The number of aliphatic carboxylic acids is 1. The molecule has 0 aromatic carbocycles. The SMILES string of the molecule is O=C(O)Cn1ccnc(NCCC2CCCCC2)c1=O. The molecule has 1 aromatic rings. The Kier molecular flexibility index (Phi) is 5.15. The zero-order chi connectivity index (χ0) is 14.4. The van der Waals surface area contributed by atoms with Gasteiger partial charge in [-0.05, 0) is 12.3 Å². The third-order valence-electron chi connectivity index (χ3n) is 3.79. The highest BCUT2D eigenvalue weighted by atomic mass is 16.4. The average Bonchev–Trinajstić information content (AvgIpc) is 2.43. The summed E-state index contributed by atoms with van der Waals surface area (Å²) in [5, 5.41) is 11.8. The number of rotatable bonds is 6. The van der Waals surface area contributed by atoms with Gasteiger partial charge in [0.1, 0.15) is 6.54 Å². The summed E-state index contributed by atoms with van der Waals surface area (Å²) in [5.41, 5.74) is -0.376. The highest BCUT2D eigenvalue weighted by Gasteiger charge is 2.13. The van der Waals surface area contributed by atoms with Crippen LogP contribution in [0.1, 0.15) is 38.5 Å². The van der Waals surface area contributed by atoms with E-state index in [1.807, 2.05) is 0 Å². The molecule has 1 heterocycles. The van der Waals surface area contributed by atoms with Crippen molar-refractivity contribution in [3.63, 3.8) is 0 Å². The van der Waals surface area contributed by atoms with Crippen molar-refractivity contribution >= 4 is 11.8 Å². The molecular weight excluding hydrogens is 258 g/mol. The summed E-state index contributed by atoms with van der Waals surface area (Å²) in [6, 6.07) is 0. The molecule has 0 aliphatic heterocycles. The normalized spacial score (nSPS) is 16.0.